The van der Waals surface area contributed by atoms with E-state index in [2.05, 4.69) is 71.6 Å². The highest BCUT2D eigenvalue weighted by Gasteiger charge is 2.08. The standard InChI is InChI=1S/C18H16N2/c1-12-9-13-5-4-6-14(18(13)20-12)10-15-11-19-17-8-3-2-7-16(15)17/h2-9,11,19-20H,10H2,1H3. The molecule has 2 aromatic heterocycles. The molecule has 4 aromatic rings. The molecule has 0 saturated carbocycles. The monoisotopic (exact) mass is 260 g/mol. The molecule has 0 spiro atoms. The van der Waals surface area contributed by atoms with E-state index in [-0.39, 0.29) is 0 Å². The maximum atomic E-state index is 3.48. The average Bonchev–Trinajstić information content (AvgIpc) is 3.03. The molecular formula is C18H16N2. The third-order valence-electron chi connectivity index (χ3n) is 3.93. The van der Waals surface area contributed by atoms with Gasteiger partial charge in [-0.3, -0.25) is 0 Å². The molecule has 0 aliphatic carbocycles. The van der Waals surface area contributed by atoms with Crippen LogP contribution in [0.4, 0.5) is 0 Å². The molecule has 0 fully saturated rings. The first-order valence-electron chi connectivity index (χ1n) is 6.93. The van der Waals surface area contributed by atoms with E-state index in [1.165, 1.54) is 38.6 Å². The highest BCUT2D eigenvalue weighted by atomic mass is 14.7. The van der Waals surface area contributed by atoms with Gasteiger partial charge in [-0.15, -0.1) is 0 Å². The molecule has 0 amide bonds. The number of nitrogens with one attached hydrogen (secondary N) is 2. The molecule has 20 heavy (non-hydrogen) atoms. The maximum absolute atomic E-state index is 3.48. The second-order valence-corrected chi connectivity index (χ2v) is 5.37. The van der Waals surface area contributed by atoms with E-state index in [0.29, 0.717) is 0 Å². The van der Waals surface area contributed by atoms with Crippen LogP contribution >= 0.6 is 0 Å². The fraction of sp³-hybridized carbons (Fsp3) is 0.111. The molecule has 0 bridgehead atoms. The van der Waals surface area contributed by atoms with Crippen LogP contribution in [0, 0.1) is 6.92 Å². The van der Waals surface area contributed by atoms with Crippen molar-refractivity contribution in [3.8, 4) is 0 Å². The number of hydrogen-bond donors (Lipinski definition) is 2. The number of H-pyrrole nitrogens is 2. The molecule has 2 nitrogen and oxygen atoms in total. The summed E-state index contributed by atoms with van der Waals surface area (Å²) in [5.74, 6) is 0. The summed E-state index contributed by atoms with van der Waals surface area (Å²) in [5, 5.41) is 2.60. The molecule has 0 unspecified atom stereocenters. The van der Waals surface area contributed by atoms with E-state index < -0.39 is 0 Å². The first kappa shape index (κ1) is 11.4. The van der Waals surface area contributed by atoms with Gasteiger partial charge in [-0.25, -0.2) is 0 Å². The van der Waals surface area contributed by atoms with Gasteiger partial charge in [-0.05, 0) is 35.6 Å². The van der Waals surface area contributed by atoms with Crippen LogP contribution in [0.25, 0.3) is 21.8 Å². The lowest BCUT2D eigenvalue weighted by Gasteiger charge is -2.03. The minimum atomic E-state index is 0.946. The number of aryl methyl sites for hydroxylation is 1. The van der Waals surface area contributed by atoms with E-state index in [4.69, 9.17) is 0 Å². The van der Waals surface area contributed by atoms with Crippen molar-refractivity contribution in [3.05, 3.63) is 71.5 Å². The van der Waals surface area contributed by atoms with Gasteiger partial charge in [0.05, 0.1) is 0 Å². The minimum Gasteiger partial charge on any atom is -0.361 e. The number of fused-ring (bicyclic) bond motifs is 2. The van der Waals surface area contributed by atoms with Crippen LogP contribution in [-0.2, 0) is 6.42 Å². The Morgan fingerprint density at radius 2 is 1.85 bits per heavy atom. The highest BCUT2D eigenvalue weighted by molar-refractivity contribution is 5.86. The summed E-state index contributed by atoms with van der Waals surface area (Å²) in [6, 6.07) is 17.2. The van der Waals surface area contributed by atoms with Crippen LogP contribution in [0.3, 0.4) is 0 Å². The Balaban J connectivity index is 1.84. The smallest absolute Gasteiger partial charge is 0.0491 e. The van der Waals surface area contributed by atoms with Crippen LogP contribution in [-0.4, -0.2) is 9.97 Å². The number of para-hydroxylation sites is 2. The van der Waals surface area contributed by atoms with Crippen molar-refractivity contribution >= 4 is 21.8 Å². The molecule has 0 aliphatic rings. The van der Waals surface area contributed by atoms with Crippen molar-refractivity contribution in [1.29, 1.82) is 0 Å². The summed E-state index contributed by atoms with van der Waals surface area (Å²) in [7, 11) is 0. The molecule has 0 saturated heterocycles. The molecule has 0 atom stereocenters. The van der Waals surface area contributed by atoms with Crippen LogP contribution in [0.15, 0.2) is 54.7 Å². The summed E-state index contributed by atoms with van der Waals surface area (Å²) in [4.78, 5) is 6.83. The first-order valence-corrected chi connectivity index (χ1v) is 6.93. The Kier molecular flexibility index (Phi) is 2.43. The third kappa shape index (κ3) is 1.73. The lowest BCUT2D eigenvalue weighted by Crippen LogP contribution is -1.88. The Hall–Kier alpha value is -2.48. The second-order valence-electron chi connectivity index (χ2n) is 5.37. The zero-order valence-corrected chi connectivity index (χ0v) is 11.4. The fourth-order valence-corrected chi connectivity index (χ4v) is 2.99. The van der Waals surface area contributed by atoms with Gasteiger partial charge in [0, 0.05) is 34.7 Å². The van der Waals surface area contributed by atoms with Crippen LogP contribution < -0.4 is 0 Å². The van der Waals surface area contributed by atoms with Crippen molar-refractivity contribution in [2.75, 3.05) is 0 Å². The highest BCUT2D eigenvalue weighted by Crippen LogP contribution is 2.25. The number of aromatic nitrogens is 2. The van der Waals surface area contributed by atoms with Crippen molar-refractivity contribution in [2.45, 2.75) is 13.3 Å². The van der Waals surface area contributed by atoms with Crippen molar-refractivity contribution in [3.63, 3.8) is 0 Å². The Labute approximate surface area is 117 Å². The van der Waals surface area contributed by atoms with Gasteiger partial charge in [0.1, 0.15) is 0 Å². The van der Waals surface area contributed by atoms with Crippen LogP contribution in [0.2, 0.25) is 0 Å². The summed E-state index contributed by atoms with van der Waals surface area (Å²) in [5.41, 5.74) is 6.37. The van der Waals surface area contributed by atoms with Crippen molar-refractivity contribution < 1.29 is 0 Å². The number of hydrogen-bond acceptors (Lipinski definition) is 0. The van der Waals surface area contributed by atoms with E-state index >= 15 is 0 Å². The van der Waals surface area contributed by atoms with Gasteiger partial charge in [0.15, 0.2) is 0 Å². The Morgan fingerprint density at radius 1 is 0.950 bits per heavy atom. The quantitative estimate of drug-likeness (QED) is 0.530. The topological polar surface area (TPSA) is 31.6 Å². The zero-order chi connectivity index (χ0) is 13.5. The fourth-order valence-electron chi connectivity index (χ4n) is 2.99. The Morgan fingerprint density at radius 3 is 2.80 bits per heavy atom. The van der Waals surface area contributed by atoms with Gasteiger partial charge in [-0.1, -0.05) is 36.4 Å². The van der Waals surface area contributed by atoms with Gasteiger partial charge in [0.2, 0.25) is 0 Å². The number of rotatable bonds is 2. The SMILES string of the molecule is Cc1cc2cccc(Cc3c[nH]c4ccccc34)c2[nH]1. The summed E-state index contributed by atoms with van der Waals surface area (Å²) >= 11 is 0. The second kappa shape index (κ2) is 4.27. The number of aromatic amines is 2. The van der Waals surface area contributed by atoms with Crippen molar-refractivity contribution in [2.24, 2.45) is 0 Å². The van der Waals surface area contributed by atoms with Gasteiger partial charge >= 0.3 is 0 Å². The normalized spacial score (nSPS) is 11.4. The predicted octanol–water partition coefficient (Wildman–Crippen LogP) is 4.55. The average molecular weight is 260 g/mol. The molecule has 2 aromatic carbocycles. The van der Waals surface area contributed by atoms with E-state index in [9.17, 15) is 0 Å². The van der Waals surface area contributed by atoms with Crippen LogP contribution in [0.5, 0.6) is 0 Å². The third-order valence-corrected chi connectivity index (χ3v) is 3.93. The van der Waals surface area contributed by atoms with Gasteiger partial charge in [0.25, 0.3) is 0 Å². The lowest BCUT2D eigenvalue weighted by molar-refractivity contribution is 1.20. The maximum Gasteiger partial charge on any atom is 0.0491 e. The van der Waals surface area contributed by atoms with Crippen LogP contribution in [0.1, 0.15) is 16.8 Å². The van der Waals surface area contributed by atoms with Gasteiger partial charge < -0.3 is 9.97 Å². The largest absolute Gasteiger partial charge is 0.361 e. The molecule has 2 N–H and O–H groups in total. The summed E-state index contributed by atoms with van der Waals surface area (Å²) in [6.45, 7) is 2.11. The van der Waals surface area contributed by atoms with E-state index in [1.54, 1.807) is 0 Å². The zero-order valence-electron chi connectivity index (χ0n) is 11.4. The molecular weight excluding hydrogens is 244 g/mol. The number of benzene rings is 2. The lowest BCUT2D eigenvalue weighted by atomic mass is 10.0. The van der Waals surface area contributed by atoms with E-state index in [1.807, 2.05) is 0 Å². The van der Waals surface area contributed by atoms with E-state index in [0.717, 1.165) is 6.42 Å². The van der Waals surface area contributed by atoms with Crippen molar-refractivity contribution in [1.82, 2.24) is 9.97 Å². The predicted molar refractivity (Wildman–Crippen MR) is 84.1 cm³/mol. The summed E-state index contributed by atoms with van der Waals surface area (Å²) < 4.78 is 0. The molecule has 0 aliphatic heterocycles. The molecule has 4 rings (SSSR count). The first-order chi connectivity index (χ1) is 9.81. The molecule has 98 valence electrons. The molecule has 2 heteroatoms. The molecule has 2 heterocycles. The molecule has 0 radical (unpaired) electrons. The minimum absolute atomic E-state index is 0.946. The Bertz CT molecular complexity index is 896. The summed E-state index contributed by atoms with van der Waals surface area (Å²) in [6.07, 6.45) is 3.07. The van der Waals surface area contributed by atoms with Gasteiger partial charge in [-0.2, -0.15) is 0 Å².